The predicted octanol–water partition coefficient (Wildman–Crippen LogP) is 1.71. The fourth-order valence-electron chi connectivity index (χ4n) is 1.07. The fraction of sp³-hybridized carbons (Fsp3) is 0. The van der Waals surface area contributed by atoms with Gasteiger partial charge in [-0.05, 0) is 12.1 Å². The van der Waals surface area contributed by atoms with Gasteiger partial charge in [0.2, 0.25) is 0 Å². The lowest BCUT2D eigenvalue weighted by Gasteiger charge is -2.02. The van der Waals surface area contributed by atoms with Crippen LogP contribution in [0.25, 0.3) is 0 Å². The van der Waals surface area contributed by atoms with E-state index in [2.05, 4.69) is 20.5 Å². The maximum atomic E-state index is 11.6. The molecule has 1 amide bonds. The molecule has 2 rings (SSSR count). The second-order valence-corrected chi connectivity index (χ2v) is 3.12. The molecule has 5 nitrogen and oxygen atoms in total. The molecule has 0 saturated carbocycles. The molecular weight excluding hydrogens is 216 g/mol. The second kappa shape index (κ2) is 4.10. The Morgan fingerprint density at radius 1 is 1.40 bits per heavy atom. The number of anilines is 1. The molecule has 0 aromatic carbocycles. The number of rotatable bonds is 2. The van der Waals surface area contributed by atoms with E-state index in [0.717, 1.165) is 0 Å². The lowest BCUT2D eigenvalue weighted by atomic mass is 10.3. The van der Waals surface area contributed by atoms with Crippen LogP contribution in [-0.4, -0.2) is 21.1 Å². The van der Waals surface area contributed by atoms with Gasteiger partial charge in [0.1, 0.15) is 11.0 Å². The molecule has 6 heteroatoms. The van der Waals surface area contributed by atoms with Gasteiger partial charge >= 0.3 is 0 Å². The Balaban J connectivity index is 2.19. The van der Waals surface area contributed by atoms with Crippen LogP contribution in [0.2, 0.25) is 5.15 Å². The van der Waals surface area contributed by atoms with Crippen LogP contribution in [0.3, 0.4) is 0 Å². The third kappa shape index (κ3) is 2.13. The van der Waals surface area contributed by atoms with Crippen molar-refractivity contribution in [2.75, 3.05) is 5.32 Å². The zero-order valence-electron chi connectivity index (χ0n) is 7.57. The van der Waals surface area contributed by atoms with Gasteiger partial charge < -0.3 is 5.32 Å². The largest absolute Gasteiger partial charge is 0.307 e. The summed E-state index contributed by atoms with van der Waals surface area (Å²) in [7, 11) is 0. The number of pyridine rings is 1. The van der Waals surface area contributed by atoms with Gasteiger partial charge in [-0.3, -0.25) is 9.89 Å². The summed E-state index contributed by atoms with van der Waals surface area (Å²) in [5.74, 6) is 0.192. The van der Waals surface area contributed by atoms with Crippen molar-refractivity contribution in [2.24, 2.45) is 0 Å². The minimum atomic E-state index is -0.322. The minimum Gasteiger partial charge on any atom is -0.307 e. The molecule has 0 radical (unpaired) electrons. The summed E-state index contributed by atoms with van der Waals surface area (Å²) in [6.07, 6.45) is 3.07. The lowest BCUT2D eigenvalue weighted by Crippen LogP contribution is -2.13. The summed E-state index contributed by atoms with van der Waals surface area (Å²) in [6, 6.07) is 4.89. The summed E-state index contributed by atoms with van der Waals surface area (Å²) in [4.78, 5) is 15.5. The Hall–Kier alpha value is -1.88. The quantitative estimate of drug-likeness (QED) is 0.760. The molecule has 2 aromatic heterocycles. The highest BCUT2D eigenvalue weighted by Crippen LogP contribution is 2.13. The van der Waals surface area contributed by atoms with Crippen LogP contribution in [0, 0.1) is 0 Å². The molecule has 0 unspecified atom stereocenters. The SMILES string of the molecule is O=C(Nc1ccn[nH]1)c1cccnc1Cl. The Labute approximate surface area is 90.5 Å². The maximum Gasteiger partial charge on any atom is 0.259 e. The number of aromatic nitrogens is 3. The topological polar surface area (TPSA) is 70.7 Å². The Morgan fingerprint density at radius 3 is 2.93 bits per heavy atom. The van der Waals surface area contributed by atoms with Crippen molar-refractivity contribution < 1.29 is 4.79 Å². The molecule has 0 aliphatic heterocycles. The van der Waals surface area contributed by atoms with Gasteiger partial charge in [-0.2, -0.15) is 5.10 Å². The summed E-state index contributed by atoms with van der Waals surface area (Å²) >= 11 is 5.76. The predicted molar refractivity (Wildman–Crippen MR) is 55.8 cm³/mol. The average Bonchev–Trinajstić information content (AvgIpc) is 2.71. The van der Waals surface area contributed by atoms with E-state index in [9.17, 15) is 4.79 Å². The number of H-pyrrole nitrogens is 1. The number of hydrogen-bond acceptors (Lipinski definition) is 3. The highest BCUT2D eigenvalue weighted by atomic mass is 35.5. The highest BCUT2D eigenvalue weighted by molar-refractivity contribution is 6.33. The van der Waals surface area contributed by atoms with Gasteiger partial charge in [-0.1, -0.05) is 11.6 Å². The molecule has 0 spiro atoms. The third-order valence-electron chi connectivity index (χ3n) is 1.75. The molecule has 2 N–H and O–H groups in total. The first-order valence-corrected chi connectivity index (χ1v) is 4.56. The first kappa shape index (κ1) is 9.67. The molecule has 0 aliphatic carbocycles. The number of nitrogens with zero attached hydrogens (tertiary/aromatic N) is 2. The van der Waals surface area contributed by atoms with E-state index in [-0.39, 0.29) is 11.1 Å². The van der Waals surface area contributed by atoms with E-state index in [1.54, 1.807) is 24.4 Å². The van der Waals surface area contributed by atoms with Gasteiger partial charge in [-0.25, -0.2) is 4.98 Å². The van der Waals surface area contributed by atoms with Crippen LogP contribution >= 0.6 is 11.6 Å². The van der Waals surface area contributed by atoms with Crippen LogP contribution in [0.4, 0.5) is 5.82 Å². The zero-order chi connectivity index (χ0) is 10.7. The molecule has 0 saturated heterocycles. The van der Waals surface area contributed by atoms with E-state index in [1.165, 1.54) is 6.20 Å². The van der Waals surface area contributed by atoms with E-state index >= 15 is 0 Å². The lowest BCUT2D eigenvalue weighted by molar-refractivity contribution is 0.102. The van der Waals surface area contributed by atoms with Crippen LogP contribution in [-0.2, 0) is 0 Å². The van der Waals surface area contributed by atoms with Crippen LogP contribution in [0.15, 0.2) is 30.6 Å². The van der Waals surface area contributed by atoms with Crippen molar-refractivity contribution in [1.82, 2.24) is 15.2 Å². The Bertz CT molecular complexity index is 469. The number of hydrogen-bond donors (Lipinski definition) is 2. The van der Waals surface area contributed by atoms with Crippen molar-refractivity contribution >= 4 is 23.3 Å². The van der Waals surface area contributed by atoms with Gasteiger partial charge in [0.25, 0.3) is 5.91 Å². The second-order valence-electron chi connectivity index (χ2n) is 2.77. The number of carbonyl (C=O) groups is 1. The summed E-state index contributed by atoms with van der Waals surface area (Å²) < 4.78 is 0. The molecule has 2 aromatic rings. The summed E-state index contributed by atoms with van der Waals surface area (Å²) in [5.41, 5.74) is 0.328. The molecular formula is C9H7ClN4O. The average molecular weight is 223 g/mol. The molecule has 0 bridgehead atoms. The van der Waals surface area contributed by atoms with Crippen LogP contribution < -0.4 is 5.32 Å². The molecule has 0 fully saturated rings. The van der Waals surface area contributed by atoms with Crippen molar-refractivity contribution in [3.8, 4) is 0 Å². The summed E-state index contributed by atoms with van der Waals surface area (Å²) in [6.45, 7) is 0. The van der Waals surface area contributed by atoms with E-state index in [0.29, 0.717) is 11.4 Å². The Morgan fingerprint density at radius 2 is 2.27 bits per heavy atom. The third-order valence-corrected chi connectivity index (χ3v) is 2.05. The number of carbonyl (C=O) groups excluding carboxylic acids is 1. The molecule has 0 aliphatic rings. The first-order chi connectivity index (χ1) is 7.27. The van der Waals surface area contributed by atoms with Gasteiger partial charge in [0, 0.05) is 12.3 Å². The van der Waals surface area contributed by atoms with Crippen molar-refractivity contribution in [1.29, 1.82) is 0 Å². The Kier molecular flexibility index (Phi) is 2.64. The highest BCUT2D eigenvalue weighted by Gasteiger charge is 2.10. The number of amides is 1. The van der Waals surface area contributed by atoms with Crippen molar-refractivity contribution in [2.45, 2.75) is 0 Å². The molecule has 15 heavy (non-hydrogen) atoms. The van der Waals surface area contributed by atoms with E-state index < -0.39 is 0 Å². The fourth-order valence-corrected chi connectivity index (χ4v) is 1.28. The smallest absolute Gasteiger partial charge is 0.259 e. The molecule has 76 valence electrons. The normalized spacial score (nSPS) is 9.93. The zero-order valence-corrected chi connectivity index (χ0v) is 8.32. The standard InChI is InChI=1S/C9H7ClN4O/c10-8-6(2-1-4-11-8)9(15)13-7-3-5-12-14-7/h1-5H,(H2,12,13,14,15). The maximum absolute atomic E-state index is 11.6. The number of nitrogens with one attached hydrogen (secondary N) is 2. The summed E-state index contributed by atoms with van der Waals surface area (Å²) in [5, 5.41) is 9.09. The van der Waals surface area contributed by atoms with Crippen molar-refractivity contribution in [3.05, 3.63) is 41.3 Å². The molecule has 2 heterocycles. The van der Waals surface area contributed by atoms with E-state index in [4.69, 9.17) is 11.6 Å². The first-order valence-electron chi connectivity index (χ1n) is 4.18. The van der Waals surface area contributed by atoms with Crippen molar-refractivity contribution in [3.63, 3.8) is 0 Å². The van der Waals surface area contributed by atoms with Crippen LogP contribution in [0.1, 0.15) is 10.4 Å². The minimum absolute atomic E-state index is 0.175. The van der Waals surface area contributed by atoms with Gasteiger partial charge in [-0.15, -0.1) is 0 Å². The monoisotopic (exact) mass is 222 g/mol. The van der Waals surface area contributed by atoms with E-state index in [1.807, 2.05) is 0 Å². The number of halogens is 1. The van der Waals surface area contributed by atoms with Gasteiger partial charge in [0.15, 0.2) is 0 Å². The van der Waals surface area contributed by atoms with Crippen LogP contribution in [0.5, 0.6) is 0 Å². The van der Waals surface area contributed by atoms with Gasteiger partial charge in [0.05, 0.1) is 11.8 Å². The number of aromatic amines is 1. The molecule has 0 atom stereocenters.